The summed E-state index contributed by atoms with van der Waals surface area (Å²) in [6, 6.07) is 0. The number of rotatable bonds is 4. The fourth-order valence-electron chi connectivity index (χ4n) is 0.497. The Morgan fingerprint density at radius 3 is 2.83 bits per heavy atom. The number of aliphatic hydroxyl groups excluding tert-OH is 1. The quantitative estimate of drug-likeness (QED) is 0.497. The first-order valence-corrected chi connectivity index (χ1v) is 3.64. The maximum Gasteiger partial charge on any atom is 0.508 e. The normalized spacial score (nSPS) is 11.4. The molecule has 0 heterocycles. The van der Waals surface area contributed by atoms with Crippen LogP contribution in [0.15, 0.2) is 0 Å². The number of terminal acetylenes is 1. The Bertz CT molecular complexity index is 170. The molecule has 0 bridgehead atoms. The van der Waals surface area contributed by atoms with Gasteiger partial charge in [-0.1, -0.05) is 5.92 Å². The lowest BCUT2D eigenvalue weighted by molar-refractivity contribution is 0.0513. The van der Waals surface area contributed by atoms with Crippen LogP contribution in [0.1, 0.15) is 13.3 Å². The summed E-state index contributed by atoms with van der Waals surface area (Å²) in [4.78, 5) is 10.5. The van der Waals surface area contributed by atoms with Crippen molar-refractivity contribution >= 4 is 6.16 Å². The summed E-state index contributed by atoms with van der Waals surface area (Å²) in [6.45, 7) is 2.03. The molecule has 68 valence electrons. The summed E-state index contributed by atoms with van der Waals surface area (Å²) in [5.74, 6) is 2.09. The van der Waals surface area contributed by atoms with Crippen molar-refractivity contribution in [1.29, 1.82) is 0 Å². The molecule has 0 saturated heterocycles. The van der Waals surface area contributed by atoms with E-state index in [-0.39, 0.29) is 19.6 Å². The smallest absolute Gasteiger partial charge is 0.435 e. The third-order valence-electron chi connectivity index (χ3n) is 1.07. The van der Waals surface area contributed by atoms with Crippen LogP contribution in [0.4, 0.5) is 4.79 Å². The molecule has 0 radical (unpaired) electrons. The van der Waals surface area contributed by atoms with E-state index in [4.69, 9.17) is 11.5 Å². The molecule has 0 aliphatic carbocycles. The molecule has 0 spiro atoms. The van der Waals surface area contributed by atoms with Gasteiger partial charge in [-0.15, -0.1) is 6.42 Å². The molecule has 0 unspecified atom stereocenters. The SMILES string of the molecule is C#C[C@H](O)CCOC(=O)OCC. The average molecular weight is 172 g/mol. The highest BCUT2D eigenvalue weighted by atomic mass is 16.7. The minimum Gasteiger partial charge on any atom is -0.435 e. The zero-order valence-corrected chi connectivity index (χ0v) is 6.95. The summed E-state index contributed by atoms with van der Waals surface area (Å²) in [7, 11) is 0. The molecule has 0 fully saturated rings. The lowest BCUT2D eigenvalue weighted by Crippen LogP contribution is -2.12. The maximum absolute atomic E-state index is 10.5. The van der Waals surface area contributed by atoms with Crippen LogP contribution in [0.2, 0.25) is 0 Å². The van der Waals surface area contributed by atoms with Gasteiger partial charge in [0.15, 0.2) is 0 Å². The second kappa shape index (κ2) is 6.50. The number of aliphatic hydroxyl groups is 1. The summed E-state index contributed by atoms with van der Waals surface area (Å²) < 4.78 is 9.00. The molecular weight excluding hydrogens is 160 g/mol. The molecule has 0 aromatic heterocycles. The fraction of sp³-hybridized carbons (Fsp3) is 0.625. The minimum atomic E-state index is -0.862. The van der Waals surface area contributed by atoms with Crippen LogP contribution in [0.3, 0.4) is 0 Å². The van der Waals surface area contributed by atoms with Gasteiger partial charge in [0.1, 0.15) is 6.10 Å². The molecule has 4 heteroatoms. The largest absolute Gasteiger partial charge is 0.508 e. The molecule has 0 rings (SSSR count). The van der Waals surface area contributed by atoms with Crippen molar-refractivity contribution in [2.24, 2.45) is 0 Å². The highest BCUT2D eigenvalue weighted by Crippen LogP contribution is 1.92. The van der Waals surface area contributed by atoms with Crippen LogP contribution >= 0.6 is 0 Å². The van der Waals surface area contributed by atoms with Crippen molar-refractivity contribution < 1.29 is 19.4 Å². The molecule has 0 amide bonds. The van der Waals surface area contributed by atoms with Crippen molar-refractivity contribution in [3.63, 3.8) is 0 Å². The molecule has 0 aliphatic rings. The van der Waals surface area contributed by atoms with E-state index in [1.54, 1.807) is 6.92 Å². The summed E-state index contributed by atoms with van der Waals surface area (Å²) in [6.07, 6.45) is 3.51. The summed E-state index contributed by atoms with van der Waals surface area (Å²) >= 11 is 0. The molecule has 0 aromatic rings. The highest BCUT2D eigenvalue weighted by Gasteiger charge is 2.03. The number of carbonyl (C=O) groups excluding carboxylic acids is 1. The van der Waals surface area contributed by atoms with Crippen LogP contribution in [-0.4, -0.2) is 30.6 Å². The zero-order valence-electron chi connectivity index (χ0n) is 6.95. The van der Waals surface area contributed by atoms with Crippen LogP contribution < -0.4 is 0 Å². The Balaban J connectivity index is 3.32. The maximum atomic E-state index is 10.5. The van der Waals surface area contributed by atoms with Gasteiger partial charge >= 0.3 is 6.16 Å². The van der Waals surface area contributed by atoms with E-state index in [0.29, 0.717) is 0 Å². The van der Waals surface area contributed by atoms with Crippen molar-refractivity contribution in [2.75, 3.05) is 13.2 Å². The van der Waals surface area contributed by atoms with Gasteiger partial charge in [-0.2, -0.15) is 0 Å². The van der Waals surface area contributed by atoms with Crippen LogP contribution in [0.5, 0.6) is 0 Å². The van der Waals surface area contributed by atoms with E-state index in [2.05, 4.69) is 15.4 Å². The molecule has 4 nitrogen and oxygen atoms in total. The minimum absolute atomic E-state index is 0.0736. The summed E-state index contributed by atoms with van der Waals surface area (Å²) in [5.41, 5.74) is 0. The Labute approximate surface area is 71.5 Å². The van der Waals surface area contributed by atoms with Gasteiger partial charge in [0.25, 0.3) is 0 Å². The van der Waals surface area contributed by atoms with E-state index in [9.17, 15) is 4.79 Å². The predicted molar refractivity (Wildman–Crippen MR) is 42.4 cm³/mol. The Hall–Kier alpha value is -1.21. The molecule has 1 N–H and O–H groups in total. The number of hydrogen-bond acceptors (Lipinski definition) is 4. The Morgan fingerprint density at radius 1 is 1.67 bits per heavy atom. The Kier molecular flexibility index (Phi) is 5.84. The van der Waals surface area contributed by atoms with Crippen LogP contribution in [0.25, 0.3) is 0 Å². The standard InChI is InChI=1S/C8H12O4/c1-3-7(9)5-6-12-8(10)11-4-2/h1,7,9H,4-6H2,2H3/t7-/m0/s1. The third-order valence-corrected chi connectivity index (χ3v) is 1.07. The lowest BCUT2D eigenvalue weighted by atomic mass is 10.3. The Morgan fingerprint density at radius 2 is 2.33 bits per heavy atom. The molecule has 1 atom stereocenters. The first kappa shape index (κ1) is 10.8. The second-order valence-corrected chi connectivity index (χ2v) is 2.00. The average Bonchev–Trinajstić information content (AvgIpc) is 2.04. The van der Waals surface area contributed by atoms with Gasteiger partial charge in [0.2, 0.25) is 0 Å². The third kappa shape index (κ3) is 5.57. The highest BCUT2D eigenvalue weighted by molar-refractivity contribution is 5.59. The van der Waals surface area contributed by atoms with Gasteiger partial charge in [0.05, 0.1) is 13.2 Å². The molecule has 12 heavy (non-hydrogen) atoms. The van der Waals surface area contributed by atoms with Gasteiger partial charge in [-0.05, 0) is 6.92 Å². The molecule has 0 aromatic carbocycles. The molecular formula is C8H12O4. The molecule has 0 aliphatic heterocycles. The van der Waals surface area contributed by atoms with Crippen molar-refractivity contribution in [2.45, 2.75) is 19.4 Å². The fourth-order valence-corrected chi connectivity index (χ4v) is 0.497. The van der Waals surface area contributed by atoms with Crippen LogP contribution in [0, 0.1) is 12.3 Å². The predicted octanol–water partition coefficient (Wildman–Crippen LogP) is 0.544. The van der Waals surface area contributed by atoms with Crippen molar-refractivity contribution in [1.82, 2.24) is 0 Å². The van der Waals surface area contributed by atoms with E-state index in [0.717, 1.165) is 0 Å². The lowest BCUT2D eigenvalue weighted by Gasteiger charge is -2.04. The van der Waals surface area contributed by atoms with Crippen molar-refractivity contribution in [3.05, 3.63) is 0 Å². The topological polar surface area (TPSA) is 55.8 Å². The van der Waals surface area contributed by atoms with E-state index in [1.807, 2.05) is 0 Å². The number of hydrogen-bond donors (Lipinski definition) is 1. The van der Waals surface area contributed by atoms with E-state index in [1.165, 1.54) is 0 Å². The molecule has 0 saturated carbocycles. The van der Waals surface area contributed by atoms with E-state index >= 15 is 0 Å². The van der Waals surface area contributed by atoms with Gasteiger partial charge in [-0.3, -0.25) is 0 Å². The first-order chi connectivity index (χ1) is 5.70. The van der Waals surface area contributed by atoms with Gasteiger partial charge in [0, 0.05) is 6.42 Å². The zero-order chi connectivity index (χ0) is 9.40. The van der Waals surface area contributed by atoms with Gasteiger partial charge in [-0.25, -0.2) is 4.79 Å². The van der Waals surface area contributed by atoms with Crippen molar-refractivity contribution in [3.8, 4) is 12.3 Å². The number of carbonyl (C=O) groups is 1. The van der Waals surface area contributed by atoms with E-state index < -0.39 is 12.3 Å². The number of ether oxygens (including phenoxy) is 2. The van der Waals surface area contributed by atoms with Crippen LogP contribution in [-0.2, 0) is 9.47 Å². The summed E-state index contributed by atoms with van der Waals surface area (Å²) in [5, 5.41) is 8.83. The second-order valence-electron chi connectivity index (χ2n) is 2.00. The first-order valence-electron chi connectivity index (χ1n) is 3.64. The monoisotopic (exact) mass is 172 g/mol. The van der Waals surface area contributed by atoms with Gasteiger partial charge < -0.3 is 14.6 Å².